The van der Waals surface area contributed by atoms with Gasteiger partial charge in [0.1, 0.15) is 84.9 Å². The summed E-state index contributed by atoms with van der Waals surface area (Å²) in [6.45, 7) is 0.498. The maximum atomic E-state index is 15.3. The largest absolute Gasteiger partial charge is 0.508 e. The molecule has 0 radical (unpaired) electrons. The Bertz CT molecular complexity index is 4870. The molecule has 46 heteroatoms. The molecule has 2 aromatic heterocycles. The molecular formula is C83H115N23O21S2. The Balaban J connectivity index is 1.24. The van der Waals surface area contributed by atoms with Crippen LogP contribution >= 0.6 is 25.3 Å². The van der Waals surface area contributed by atoms with Gasteiger partial charge in [0.05, 0.1) is 19.3 Å². The number of rotatable bonds is 57. The lowest BCUT2D eigenvalue weighted by Gasteiger charge is -2.29. The molecule has 0 aliphatic carbocycles. The van der Waals surface area contributed by atoms with Gasteiger partial charge >= 0.3 is 6.03 Å². The number of phenolic OH excluding ortho intramolecular Hbond substituents is 1. The number of para-hydroxylation sites is 2. The lowest BCUT2D eigenvalue weighted by Crippen LogP contribution is -2.62. The van der Waals surface area contributed by atoms with Crippen LogP contribution in [0.15, 0.2) is 116 Å². The third kappa shape index (κ3) is 35.7. The standard InChI is InChI=1S/C83H115N23O21S2/c1-44(107)70(106-75(118)58(26-28-67(87)111)99-80(123)64(42-128)95-45(2)108)82(125)103-62(36-49-39-93-54-18-9-7-16-52(49)54)78(121)98-57(25-27-66(86)110)74(117)105-65(43-129)81(124)101-60(34-47-21-23-50(109)24-22-47)76(119)102-61(35-48-38-92-53-17-8-6-15-51(48)53)77(120)97-56(20-12-30-91-83(89)126)73(116)104-63(37-85)79(122)100-59(33-46-13-4-3-5-14-46)72(115)94-40-68(112)90-31-32-127-41-69(113)96-55(71(88)114)19-10-11-29-84/h3-9,13-18,21-24,38-39,44,55-65,70,92-93,107,109,128-129H,10-12,19-20,25-37,40-43,84-85H2,1-2H3,(H2,86,110)(H2,87,111)(H2,88,114)(H,90,112)(H,94,115)(H,95,108)(H,96,113)(H,97,120)(H,98,121)(H,99,123)(H,100,122)(H,101,124)(H,102,119)(H,103,125)(H,104,116)(H,105,117)(H,106,118)(H3,89,91,126)/t44-,55-,56+,57+,58+,59+,60+,61+,62+,63+,64+,65+,70+/m1/s1. The predicted molar refractivity (Wildman–Crippen MR) is 476 cm³/mol. The fourth-order valence-electron chi connectivity index (χ4n) is 13.3. The number of aliphatic hydroxyl groups excluding tert-OH is 1. The number of phenols is 1. The molecular weight excluding hydrogens is 1720 g/mol. The molecule has 6 rings (SSSR count). The average molecular weight is 1840 g/mol. The van der Waals surface area contributed by atoms with Crippen molar-refractivity contribution in [3.63, 3.8) is 0 Å². The number of nitrogens with one attached hydrogen (secondary N) is 17. The number of fused-ring (bicyclic) bond motifs is 2. The number of nitrogens with two attached hydrogens (primary N) is 6. The summed E-state index contributed by atoms with van der Waals surface area (Å²) >= 11 is 8.47. The van der Waals surface area contributed by atoms with Gasteiger partial charge in [0.15, 0.2) is 0 Å². The van der Waals surface area contributed by atoms with Crippen molar-refractivity contribution in [3.8, 4) is 5.75 Å². The number of aromatic hydroxyl groups is 1. The molecule has 0 unspecified atom stereocenters. The number of urea groups is 1. The van der Waals surface area contributed by atoms with Crippen molar-refractivity contribution in [2.75, 3.05) is 57.4 Å². The molecule has 31 N–H and O–H groups in total. The Hall–Kier alpha value is -13.4. The quantitative estimate of drug-likeness (QED) is 0.0125. The number of thiol groups is 2. The normalized spacial score (nSPS) is 14.1. The van der Waals surface area contributed by atoms with Crippen LogP contribution in [0.4, 0.5) is 4.79 Å². The second-order valence-electron chi connectivity index (χ2n) is 30.2. The molecule has 0 saturated heterocycles. The van der Waals surface area contributed by atoms with E-state index in [2.05, 4.69) is 115 Å². The monoisotopic (exact) mass is 1830 g/mol. The minimum Gasteiger partial charge on any atom is -0.508 e. The van der Waals surface area contributed by atoms with E-state index < -0.39 is 243 Å². The average Bonchev–Trinajstić information content (AvgIpc) is 1.72. The molecule has 0 bridgehead atoms. The van der Waals surface area contributed by atoms with Crippen LogP contribution in [0.5, 0.6) is 5.75 Å². The van der Waals surface area contributed by atoms with Crippen LogP contribution in [0.25, 0.3) is 21.8 Å². The Morgan fingerprint density at radius 1 is 0.411 bits per heavy atom. The van der Waals surface area contributed by atoms with Crippen molar-refractivity contribution < 1.29 is 101 Å². The molecule has 13 atom stereocenters. The van der Waals surface area contributed by atoms with Gasteiger partial charge in [0.25, 0.3) is 0 Å². The first-order valence-corrected chi connectivity index (χ1v) is 42.6. The SMILES string of the molecule is CC(=O)N[C@@H](CS)C(=O)N[C@@H](CCC(N)=O)C(=O)N[C@H](C(=O)N[C@@H](Cc1c[nH]c2ccccc12)C(=O)N[C@@H](CCC(N)=O)C(=O)N[C@@H](CS)C(=O)N[C@@H](Cc1ccc(O)cc1)C(=O)N[C@@H](Cc1c[nH]c2ccccc12)C(=O)N[C@@H](CCCNC(N)=O)C(=O)N[C@@H](CN)C(=O)N[C@@H](Cc1ccccc1)C(=O)NCC(=O)NCCOCC(=O)N[C@H](CCCCN)C(N)=O)[C@@H](C)O. The van der Waals surface area contributed by atoms with Gasteiger partial charge in [-0.15, -0.1) is 0 Å². The minimum atomic E-state index is -1.93. The second-order valence-corrected chi connectivity index (χ2v) is 30.9. The molecule has 129 heavy (non-hydrogen) atoms. The number of primary amides is 4. The summed E-state index contributed by atoms with van der Waals surface area (Å²) in [5.41, 5.74) is 36.3. The number of H-pyrrole nitrogens is 2. The number of aromatic amines is 2. The molecule has 0 aliphatic heterocycles. The molecule has 0 aliphatic rings. The number of aromatic nitrogens is 2. The first kappa shape index (κ1) is 104. The van der Waals surface area contributed by atoms with Crippen molar-refractivity contribution in [2.24, 2.45) is 34.4 Å². The fraction of sp³-hybridized carbons (Fsp3) is 0.446. The number of hydrogen-bond acceptors (Lipinski definition) is 25. The highest BCUT2D eigenvalue weighted by Crippen LogP contribution is 2.23. The lowest BCUT2D eigenvalue weighted by atomic mass is 10.0. The molecule has 0 fully saturated rings. The van der Waals surface area contributed by atoms with E-state index in [0.717, 1.165) is 13.8 Å². The number of amides is 19. The molecule has 2 heterocycles. The third-order valence-electron chi connectivity index (χ3n) is 20.1. The highest BCUT2D eigenvalue weighted by atomic mass is 32.1. The van der Waals surface area contributed by atoms with Crippen LogP contribution in [-0.2, 0) is 112 Å². The van der Waals surface area contributed by atoms with E-state index in [1.54, 1.807) is 85.1 Å². The molecule has 19 amide bonds. The molecule has 0 spiro atoms. The number of benzene rings is 4. The number of aliphatic hydroxyl groups is 1. The highest BCUT2D eigenvalue weighted by molar-refractivity contribution is 7.80. The van der Waals surface area contributed by atoms with E-state index in [9.17, 15) is 86.9 Å². The van der Waals surface area contributed by atoms with Crippen molar-refractivity contribution in [2.45, 2.75) is 176 Å². The number of carbonyl (C=O) groups is 18. The smallest absolute Gasteiger partial charge is 0.312 e. The second kappa shape index (κ2) is 53.9. The van der Waals surface area contributed by atoms with Gasteiger partial charge < -0.3 is 139 Å². The molecule has 700 valence electrons. The van der Waals surface area contributed by atoms with Gasteiger partial charge in [0.2, 0.25) is 100 Å². The van der Waals surface area contributed by atoms with E-state index >= 15 is 9.59 Å². The number of carbonyl (C=O) groups excluding carboxylic acids is 18. The summed E-state index contributed by atoms with van der Waals surface area (Å²) in [6, 6.07) is 7.38. The van der Waals surface area contributed by atoms with Crippen LogP contribution < -0.4 is 114 Å². The highest BCUT2D eigenvalue weighted by Gasteiger charge is 2.39. The Kier molecular flexibility index (Phi) is 43.6. The van der Waals surface area contributed by atoms with Crippen molar-refractivity contribution >= 4 is 154 Å². The van der Waals surface area contributed by atoms with E-state index in [0.29, 0.717) is 63.4 Å². The molecule has 0 saturated carbocycles. The zero-order valence-corrected chi connectivity index (χ0v) is 72.8. The predicted octanol–water partition coefficient (Wildman–Crippen LogP) is -6.50. The van der Waals surface area contributed by atoms with Gasteiger partial charge in [-0.25, -0.2) is 4.79 Å². The number of unbranched alkanes of at least 4 members (excludes halogenated alkanes) is 1. The first-order valence-electron chi connectivity index (χ1n) is 41.3. The number of hydrogen-bond donors (Lipinski definition) is 27. The zero-order chi connectivity index (χ0) is 94.8. The maximum absolute atomic E-state index is 15.3. The van der Waals surface area contributed by atoms with Crippen molar-refractivity contribution in [1.29, 1.82) is 0 Å². The third-order valence-corrected chi connectivity index (χ3v) is 20.8. The van der Waals surface area contributed by atoms with Gasteiger partial charge in [0, 0.05) is 111 Å². The summed E-state index contributed by atoms with van der Waals surface area (Å²) in [6.07, 6.45) is -0.927. The maximum Gasteiger partial charge on any atom is 0.312 e. The molecule has 6 aromatic rings. The minimum absolute atomic E-state index is 0.0652. The van der Waals surface area contributed by atoms with Gasteiger partial charge in [-0.1, -0.05) is 78.9 Å². The Morgan fingerprint density at radius 2 is 0.829 bits per heavy atom. The van der Waals surface area contributed by atoms with E-state index in [1.807, 2.05) is 0 Å². The van der Waals surface area contributed by atoms with Gasteiger partial charge in [-0.2, -0.15) is 25.3 Å². The lowest BCUT2D eigenvalue weighted by molar-refractivity contribution is -0.137. The van der Waals surface area contributed by atoms with E-state index in [4.69, 9.17) is 39.1 Å². The van der Waals surface area contributed by atoms with Crippen LogP contribution in [0.2, 0.25) is 0 Å². The summed E-state index contributed by atoms with van der Waals surface area (Å²) in [4.78, 5) is 252. The summed E-state index contributed by atoms with van der Waals surface area (Å²) in [7, 11) is 0. The van der Waals surface area contributed by atoms with Crippen LogP contribution in [0.1, 0.15) is 93.9 Å². The van der Waals surface area contributed by atoms with Crippen LogP contribution in [0, 0.1) is 0 Å². The fourth-order valence-corrected chi connectivity index (χ4v) is 13.8. The zero-order valence-electron chi connectivity index (χ0n) is 71.0. The van der Waals surface area contributed by atoms with Gasteiger partial charge in [-0.05, 0) is 105 Å². The van der Waals surface area contributed by atoms with Gasteiger partial charge in [-0.3, -0.25) is 81.5 Å². The summed E-state index contributed by atoms with van der Waals surface area (Å²) in [5.74, 6) is -17.2. The van der Waals surface area contributed by atoms with Crippen molar-refractivity contribution in [3.05, 3.63) is 138 Å². The van der Waals surface area contributed by atoms with Crippen LogP contribution in [0.3, 0.4) is 0 Å². The van der Waals surface area contributed by atoms with E-state index in [1.165, 1.54) is 30.5 Å². The summed E-state index contributed by atoms with van der Waals surface area (Å²) in [5, 5.41) is 60.1. The van der Waals surface area contributed by atoms with Crippen molar-refractivity contribution in [1.82, 2.24) is 89.7 Å². The number of ether oxygens (including phenoxy) is 1. The Morgan fingerprint density at radius 3 is 1.31 bits per heavy atom. The van der Waals surface area contributed by atoms with E-state index in [-0.39, 0.29) is 69.7 Å². The van der Waals surface area contributed by atoms with Crippen LogP contribution in [-0.4, -0.2) is 263 Å². The first-order chi connectivity index (χ1) is 61.5. The molecule has 44 nitrogen and oxygen atoms in total. The summed E-state index contributed by atoms with van der Waals surface area (Å²) < 4.78 is 5.33. The molecule has 4 aromatic carbocycles. The topological polar surface area (TPSA) is 725 Å². The Labute approximate surface area is 752 Å².